The van der Waals surface area contributed by atoms with Gasteiger partial charge in [-0.2, -0.15) is 0 Å². The summed E-state index contributed by atoms with van der Waals surface area (Å²) in [5, 5.41) is 0. The molecular weight excluding hydrogens is 294 g/mol. The van der Waals surface area contributed by atoms with Crippen LogP contribution in [-0.2, 0) is 0 Å². The predicted octanol–water partition coefficient (Wildman–Crippen LogP) is 2.71. The van der Waals surface area contributed by atoms with E-state index in [0.29, 0.717) is 0 Å². The maximum absolute atomic E-state index is 12.2. The number of benzene rings is 1. The quantitative estimate of drug-likeness (QED) is 0.926. The Balaban J connectivity index is 2.18. The zero-order chi connectivity index (χ0) is 12.7. The summed E-state index contributed by atoms with van der Waals surface area (Å²) in [7, 11) is 0. The highest BCUT2D eigenvalue weighted by Crippen LogP contribution is 2.28. The summed E-state index contributed by atoms with van der Waals surface area (Å²) in [5.74, 6) is 0. The van der Waals surface area contributed by atoms with Crippen LogP contribution in [0.5, 0.6) is 0 Å². The largest absolute Gasteiger partial charge is 0.327 e. The average molecular weight is 310 g/mol. The predicted molar refractivity (Wildman–Crippen MR) is 75.8 cm³/mol. The van der Waals surface area contributed by atoms with Gasteiger partial charge in [-0.15, -0.1) is 0 Å². The van der Waals surface area contributed by atoms with Crippen molar-refractivity contribution in [2.24, 2.45) is 0 Å². The van der Waals surface area contributed by atoms with E-state index in [4.69, 9.17) is 0 Å². The summed E-state index contributed by atoms with van der Waals surface area (Å²) < 4.78 is 2.90. The highest BCUT2D eigenvalue weighted by molar-refractivity contribution is 9.10. The fraction of sp³-hybridized carbons (Fsp3) is 0.462. The Morgan fingerprint density at radius 3 is 3.11 bits per heavy atom. The lowest BCUT2D eigenvalue weighted by molar-refractivity contribution is 0.204. The van der Waals surface area contributed by atoms with Crippen LogP contribution in [0, 0.1) is 0 Å². The third-order valence-electron chi connectivity index (χ3n) is 3.71. The number of imidazole rings is 1. The van der Waals surface area contributed by atoms with Crippen LogP contribution >= 0.6 is 15.9 Å². The van der Waals surface area contributed by atoms with E-state index < -0.39 is 0 Å². The third-order valence-corrected chi connectivity index (χ3v) is 4.21. The van der Waals surface area contributed by atoms with E-state index in [1.54, 1.807) is 0 Å². The molecule has 1 atom stereocenters. The summed E-state index contributed by atoms with van der Waals surface area (Å²) in [6, 6.07) is 5.91. The average Bonchev–Trinajstić information content (AvgIpc) is 2.91. The van der Waals surface area contributed by atoms with Gasteiger partial charge in [-0.1, -0.05) is 22.9 Å². The van der Waals surface area contributed by atoms with Gasteiger partial charge in [-0.3, -0.25) is 9.47 Å². The number of hydrogen-bond donors (Lipinski definition) is 1. The first-order valence-electron chi connectivity index (χ1n) is 6.34. The summed E-state index contributed by atoms with van der Waals surface area (Å²) in [6.07, 6.45) is 2.41. The molecule has 2 heterocycles. The molecule has 0 saturated carbocycles. The topological polar surface area (TPSA) is 41.0 Å². The standard InChI is InChI=1S/C13H16BrN3O/c1-2-16-7-3-4-12(16)17-11-8-9(14)5-6-10(11)15-13(17)18/h5-6,8,12H,2-4,7H2,1H3,(H,15,18). The van der Waals surface area contributed by atoms with Gasteiger partial charge in [0.25, 0.3) is 0 Å². The van der Waals surface area contributed by atoms with Crippen LogP contribution in [0.2, 0.25) is 0 Å². The molecule has 1 aliphatic heterocycles. The van der Waals surface area contributed by atoms with Gasteiger partial charge in [0.2, 0.25) is 0 Å². The molecule has 1 aromatic carbocycles. The number of aromatic amines is 1. The number of hydrogen-bond acceptors (Lipinski definition) is 2. The van der Waals surface area contributed by atoms with Gasteiger partial charge < -0.3 is 4.98 Å². The van der Waals surface area contributed by atoms with E-state index in [1.807, 2.05) is 22.8 Å². The maximum Gasteiger partial charge on any atom is 0.327 e. The van der Waals surface area contributed by atoms with Crippen LogP contribution in [0.1, 0.15) is 25.9 Å². The van der Waals surface area contributed by atoms with Crippen LogP contribution in [0.25, 0.3) is 11.0 Å². The number of nitrogens with one attached hydrogen (secondary N) is 1. The minimum atomic E-state index is -0.00606. The summed E-state index contributed by atoms with van der Waals surface area (Å²) in [4.78, 5) is 17.5. The lowest BCUT2D eigenvalue weighted by Crippen LogP contribution is -2.32. The number of fused-ring (bicyclic) bond motifs is 1. The molecule has 3 rings (SSSR count). The minimum Gasteiger partial charge on any atom is -0.305 e. The van der Waals surface area contributed by atoms with Crippen molar-refractivity contribution in [2.45, 2.75) is 25.9 Å². The lowest BCUT2D eigenvalue weighted by Gasteiger charge is -2.23. The molecule has 1 aliphatic rings. The van der Waals surface area contributed by atoms with Gasteiger partial charge in [0.1, 0.15) is 0 Å². The Bertz CT molecular complexity index is 631. The summed E-state index contributed by atoms with van der Waals surface area (Å²) >= 11 is 3.47. The van der Waals surface area contributed by atoms with Crippen molar-refractivity contribution in [1.29, 1.82) is 0 Å². The van der Waals surface area contributed by atoms with E-state index in [2.05, 4.69) is 32.7 Å². The molecule has 1 unspecified atom stereocenters. The normalized spacial score (nSPS) is 20.9. The Morgan fingerprint density at radius 2 is 2.33 bits per heavy atom. The second-order valence-corrected chi connectivity index (χ2v) is 5.63. The van der Waals surface area contributed by atoms with Gasteiger partial charge in [0.15, 0.2) is 0 Å². The minimum absolute atomic E-state index is 0.00606. The molecule has 0 radical (unpaired) electrons. The second-order valence-electron chi connectivity index (χ2n) is 4.71. The molecule has 1 fully saturated rings. The van der Waals surface area contributed by atoms with Crippen molar-refractivity contribution in [3.8, 4) is 0 Å². The summed E-state index contributed by atoms with van der Waals surface area (Å²) in [5.41, 5.74) is 1.89. The van der Waals surface area contributed by atoms with Crippen molar-refractivity contribution in [1.82, 2.24) is 14.5 Å². The van der Waals surface area contributed by atoms with E-state index >= 15 is 0 Å². The number of likely N-dealkylation sites (tertiary alicyclic amines) is 1. The smallest absolute Gasteiger partial charge is 0.305 e. The molecule has 1 saturated heterocycles. The first-order valence-corrected chi connectivity index (χ1v) is 7.14. The number of nitrogens with zero attached hydrogens (tertiary/aromatic N) is 2. The fourth-order valence-corrected chi connectivity index (χ4v) is 3.21. The molecule has 0 spiro atoms. The molecule has 1 aromatic heterocycles. The van der Waals surface area contributed by atoms with Crippen molar-refractivity contribution in [2.75, 3.05) is 13.1 Å². The zero-order valence-electron chi connectivity index (χ0n) is 10.3. The van der Waals surface area contributed by atoms with Gasteiger partial charge in [-0.05, 0) is 37.6 Å². The Hall–Kier alpha value is -1.07. The molecule has 4 nitrogen and oxygen atoms in total. The number of rotatable bonds is 2. The third kappa shape index (κ3) is 1.82. The first-order chi connectivity index (χ1) is 8.70. The van der Waals surface area contributed by atoms with Crippen molar-refractivity contribution >= 4 is 27.0 Å². The first kappa shape index (κ1) is 12.0. The summed E-state index contributed by atoms with van der Waals surface area (Å²) in [6.45, 7) is 4.21. The van der Waals surface area contributed by atoms with Crippen LogP contribution in [0.3, 0.4) is 0 Å². The SMILES string of the molecule is CCN1CCCC1n1c(=O)[nH]c2ccc(Br)cc21. The Kier molecular flexibility index (Phi) is 3.03. The molecule has 2 aromatic rings. The molecule has 0 amide bonds. The number of aromatic nitrogens is 2. The van der Waals surface area contributed by atoms with Gasteiger partial charge in [-0.25, -0.2) is 4.79 Å². The zero-order valence-corrected chi connectivity index (χ0v) is 11.9. The molecule has 96 valence electrons. The van der Waals surface area contributed by atoms with Crippen LogP contribution in [0.15, 0.2) is 27.5 Å². The van der Waals surface area contributed by atoms with Gasteiger partial charge in [0.05, 0.1) is 17.2 Å². The van der Waals surface area contributed by atoms with E-state index in [0.717, 1.165) is 41.4 Å². The van der Waals surface area contributed by atoms with Crippen molar-refractivity contribution in [3.63, 3.8) is 0 Å². The van der Waals surface area contributed by atoms with Crippen LogP contribution in [-0.4, -0.2) is 27.5 Å². The molecule has 0 aliphatic carbocycles. The fourth-order valence-electron chi connectivity index (χ4n) is 2.86. The number of H-pyrrole nitrogens is 1. The molecule has 1 N–H and O–H groups in total. The van der Waals surface area contributed by atoms with E-state index in [-0.39, 0.29) is 11.9 Å². The Morgan fingerprint density at radius 1 is 1.50 bits per heavy atom. The lowest BCUT2D eigenvalue weighted by atomic mass is 10.3. The highest BCUT2D eigenvalue weighted by atomic mass is 79.9. The van der Waals surface area contributed by atoms with E-state index in [9.17, 15) is 4.79 Å². The molecule has 5 heteroatoms. The maximum atomic E-state index is 12.2. The molecule has 18 heavy (non-hydrogen) atoms. The van der Waals surface area contributed by atoms with Gasteiger partial charge >= 0.3 is 5.69 Å². The van der Waals surface area contributed by atoms with Crippen LogP contribution < -0.4 is 5.69 Å². The van der Waals surface area contributed by atoms with E-state index in [1.165, 1.54) is 0 Å². The van der Waals surface area contributed by atoms with Gasteiger partial charge in [0, 0.05) is 11.0 Å². The second kappa shape index (κ2) is 4.55. The molecular formula is C13H16BrN3O. The molecule has 0 bridgehead atoms. The number of halogens is 1. The Labute approximate surface area is 114 Å². The van der Waals surface area contributed by atoms with Crippen LogP contribution in [0.4, 0.5) is 0 Å². The van der Waals surface area contributed by atoms with Crippen molar-refractivity contribution in [3.05, 3.63) is 33.2 Å². The highest BCUT2D eigenvalue weighted by Gasteiger charge is 2.27. The van der Waals surface area contributed by atoms with Crippen molar-refractivity contribution < 1.29 is 0 Å². The monoisotopic (exact) mass is 309 g/mol.